The highest BCUT2D eigenvalue weighted by atomic mass is 35.5. The van der Waals surface area contributed by atoms with Crippen LogP contribution in [0.1, 0.15) is 16.0 Å². The summed E-state index contributed by atoms with van der Waals surface area (Å²) in [6.45, 7) is 3.48. The van der Waals surface area contributed by atoms with Gasteiger partial charge in [0.15, 0.2) is 6.29 Å². The zero-order valence-electron chi connectivity index (χ0n) is 10.4. The predicted molar refractivity (Wildman–Crippen MR) is 79.3 cm³/mol. The van der Waals surface area contributed by atoms with Crippen molar-refractivity contribution in [2.75, 3.05) is 13.2 Å². The Kier molecular flexibility index (Phi) is 4.15. The summed E-state index contributed by atoms with van der Waals surface area (Å²) < 4.78 is 11.1. The van der Waals surface area contributed by atoms with Crippen molar-refractivity contribution in [2.45, 2.75) is 23.0 Å². The van der Waals surface area contributed by atoms with E-state index >= 15 is 0 Å². The molecule has 3 rings (SSSR count). The summed E-state index contributed by atoms with van der Waals surface area (Å²) in [5.74, 6) is 0. The highest BCUT2D eigenvalue weighted by molar-refractivity contribution is 7.99. The number of rotatable bonds is 3. The first kappa shape index (κ1) is 13.5. The molecule has 0 amide bonds. The van der Waals surface area contributed by atoms with E-state index in [0.29, 0.717) is 13.2 Å². The standard InChI is InChI=1S/C14H13ClO2S2/c1-9-12(19-11-4-2-3-10(15)7-11)8-13(18-9)14-16-5-6-17-14/h2-4,7-8,14H,5-6H2,1H3. The van der Waals surface area contributed by atoms with E-state index in [-0.39, 0.29) is 6.29 Å². The summed E-state index contributed by atoms with van der Waals surface area (Å²) >= 11 is 9.46. The number of hydrogen-bond acceptors (Lipinski definition) is 4. The van der Waals surface area contributed by atoms with Crippen LogP contribution in [0, 0.1) is 6.92 Å². The number of aryl methyl sites for hydroxylation is 1. The summed E-state index contributed by atoms with van der Waals surface area (Å²) in [4.78, 5) is 4.80. The van der Waals surface area contributed by atoms with Crippen LogP contribution in [0.5, 0.6) is 0 Å². The lowest BCUT2D eigenvalue weighted by Crippen LogP contribution is -1.93. The highest BCUT2D eigenvalue weighted by Gasteiger charge is 2.21. The lowest BCUT2D eigenvalue weighted by Gasteiger charge is -2.04. The van der Waals surface area contributed by atoms with E-state index < -0.39 is 0 Å². The molecule has 0 radical (unpaired) electrons. The monoisotopic (exact) mass is 312 g/mol. The van der Waals surface area contributed by atoms with Crippen molar-refractivity contribution < 1.29 is 9.47 Å². The van der Waals surface area contributed by atoms with Crippen molar-refractivity contribution >= 4 is 34.7 Å². The second-order valence-corrected chi connectivity index (χ2v) is 7.04. The maximum absolute atomic E-state index is 6.01. The van der Waals surface area contributed by atoms with Crippen molar-refractivity contribution in [1.29, 1.82) is 0 Å². The second kappa shape index (κ2) is 5.85. The molecule has 5 heteroatoms. The van der Waals surface area contributed by atoms with Gasteiger partial charge in [-0.25, -0.2) is 0 Å². The Morgan fingerprint density at radius 1 is 1.26 bits per heavy atom. The van der Waals surface area contributed by atoms with Crippen LogP contribution in [0.4, 0.5) is 0 Å². The molecule has 0 saturated carbocycles. The van der Waals surface area contributed by atoms with E-state index in [1.807, 2.05) is 18.2 Å². The van der Waals surface area contributed by atoms with E-state index in [4.69, 9.17) is 21.1 Å². The van der Waals surface area contributed by atoms with Gasteiger partial charge in [0.25, 0.3) is 0 Å². The van der Waals surface area contributed by atoms with Crippen LogP contribution in [0.15, 0.2) is 40.1 Å². The molecule has 1 aliphatic rings. The van der Waals surface area contributed by atoms with Gasteiger partial charge in [-0.2, -0.15) is 0 Å². The maximum Gasteiger partial charge on any atom is 0.193 e. The Balaban J connectivity index is 1.81. The van der Waals surface area contributed by atoms with E-state index in [0.717, 1.165) is 14.8 Å². The summed E-state index contributed by atoms with van der Waals surface area (Å²) in [6, 6.07) is 10.1. The van der Waals surface area contributed by atoms with Gasteiger partial charge in [-0.05, 0) is 31.2 Å². The van der Waals surface area contributed by atoms with E-state index in [1.165, 1.54) is 9.77 Å². The Morgan fingerprint density at radius 2 is 2.05 bits per heavy atom. The van der Waals surface area contributed by atoms with Gasteiger partial charge in [0, 0.05) is 19.7 Å². The van der Waals surface area contributed by atoms with Gasteiger partial charge in [-0.3, -0.25) is 0 Å². The quantitative estimate of drug-likeness (QED) is 0.802. The minimum atomic E-state index is -0.183. The molecule has 0 unspecified atom stereocenters. The number of halogens is 1. The van der Waals surface area contributed by atoms with E-state index in [9.17, 15) is 0 Å². The zero-order chi connectivity index (χ0) is 13.2. The molecule has 100 valence electrons. The lowest BCUT2D eigenvalue weighted by molar-refractivity contribution is -0.0414. The first-order chi connectivity index (χ1) is 9.22. The van der Waals surface area contributed by atoms with Crippen LogP contribution in [0.3, 0.4) is 0 Å². The van der Waals surface area contributed by atoms with Crippen LogP contribution in [0.25, 0.3) is 0 Å². The topological polar surface area (TPSA) is 18.5 Å². The summed E-state index contributed by atoms with van der Waals surface area (Å²) in [6.07, 6.45) is -0.183. The van der Waals surface area contributed by atoms with Gasteiger partial charge in [-0.1, -0.05) is 29.4 Å². The normalized spacial score (nSPS) is 16.1. The van der Waals surface area contributed by atoms with Gasteiger partial charge < -0.3 is 9.47 Å². The van der Waals surface area contributed by atoms with Gasteiger partial charge in [0.2, 0.25) is 0 Å². The molecule has 2 nitrogen and oxygen atoms in total. The molecule has 19 heavy (non-hydrogen) atoms. The highest BCUT2D eigenvalue weighted by Crippen LogP contribution is 2.39. The molecule has 1 aliphatic heterocycles. The molecule has 0 bridgehead atoms. The zero-order valence-corrected chi connectivity index (χ0v) is 12.8. The molecular formula is C14H13ClO2S2. The molecule has 0 N–H and O–H groups in total. The van der Waals surface area contributed by atoms with E-state index in [2.05, 4.69) is 19.1 Å². The largest absolute Gasteiger partial charge is 0.345 e. The average Bonchev–Trinajstić information content (AvgIpc) is 3.00. The first-order valence-electron chi connectivity index (χ1n) is 5.99. The van der Waals surface area contributed by atoms with Crippen molar-refractivity contribution in [3.63, 3.8) is 0 Å². The molecule has 0 spiro atoms. The summed E-state index contributed by atoms with van der Waals surface area (Å²) in [5, 5.41) is 0.764. The number of benzene rings is 1. The number of thiophene rings is 1. The van der Waals surface area contributed by atoms with Crippen molar-refractivity contribution in [3.05, 3.63) is 45.1 Å². The van der Waals surface area contributed by atoms with Crippen LogP contribution in [0.2, 0.25) is 5.02 Å². The molecule has 1 saturated heterocycles. The Hall–Kier alpha value is -0.520. The Morgan fingerprint density at radius 3 is 2.79 bits per heavy atom. The predicted octanol–water partition coefficient (Wildman–Crippen LogP) is 4.91. The third kappa shape index (κ3) is 3.15. The van der Waals surface area contributed by atoms with Gasteiger partial charge in [0.05, 0.1) is 18.1 Å². The van der Waals surface area contributed by atoms with Gasteiger partial charge in [0.1, 0.15) is 0 Å². The molecule has 2 aromatic rings. The molecule has 0 aliphatic carbocycles. The fraction of sp³-hybridized carbons (Fsp3) is 0.286. The minimum absolute atomic E-state index is 0.183. The van der Waals surface area contributed by atoms with Crippen molar-refractivity contribution in [2.24, 2.45) is 0 Å². The van der Waals surface area contributed by atoms with Gasteiger partial charge >= 0.3 is 0 Å². The second-order valence-electron chi connectivity index (χ2n) is 4.20. The number of ether oxygens (including phenoxy) is 2. The first-order valence-corrected chi connectivity index (χ1v) is 8.00. The smallest absolute Gasteiger partial charge is 0.193 e. The minimum Gasteiger partial charge on any atom is -0.345 e. The molecule has 0 atom stereocenters. The van der Waals surface area contributed by atoms with Crippen molar-refractivity contribution in [1.82, 2.24) is 0 Å². The van der Waals surface area contributed by atoms with E-state index in [1.54, 1.807) is 23.1 Å². The Bertz CT molecular complexity index is 577. The molecular weight excluding hydrogens is 300 g/mol. The van der Waals surface area contributed by atoms with Crippen molar-refractivity contribution in [3.8, 4) is 0 Å². The number of hydrogen-bond donors (Lipinski definition) is 0. The SMILES string of the molecule is Cc1sc(C2OCCO2)cc1Sc1cccc(Cl)c1. The molecule has 1 fully saturated rings. The third-order valence-corrected chi connectivity index (χ3v) is 5.34. The Labute approximate surface area is 125 Å². The fourth-order valence-electron chi connectivity index (χ4n) is 1.88. The van der Waals surface area contributed by atoms with Crippen LogP contribution >= 0.6 is 34.7 Å². The fourth-order valence-corrected chi connectivity index (χ4v) is 4.30. The molecule has 1 aromatic heterocycles. The maximum atomic E-state index is 6.01. The average molecular weight is 313 g/mol. The van der Waals surface area contributed by atoms with Crippen LogP contribution in [-0.2, 0) is 9.47 Å². The van der Waals surface area contributed by atoms with Crippen LogP contribution in [-0.4, -0.2) is 13.2 Å². The molecule has 1 aromatic carbocycles. The van der Waals surface area contributed by atoms with Crippen LogP contribution < -0.4 is 0 Å². The summed E-state index contributed by atoms with van der Waals surface area (Å²) in [7, 11) is 0. The summed E-state index contributed by atoms with van der Waals surface area (Å²) in [5.41, 5.74) is 0. The third-order valence-electron chi connectivity index (χ3n) is 2.77. The lowest BCUT2D eigenvalue weighted by atomic mass is 10.4. The molecule has 2 heterocycles. The van der Waals surface area contributed by atoms with Gasteiger partial charge in [-0.15, -0.1) is 11.3 Å².